The molecular weight excluding hydrogens is 257 g/mol. The van der Waals surface area contributed by atoms with Gasteiger partial charge in [0.25, 0.3) is 0 Å². The van der Waals surface area contributed by atoms with Gasteiger partial charge in [0.05, 0.1) is 5.69 Å². The van der Waals surface area contributed by atoms with Crippen molar-refractivity contribution >= 4 is 11.6 Å². The van der Waals surface area contributed by atoms with Crippen LogP contribution in [0, 0.1) is 11.7 Å². The van der Waals surface area contributed by atoms with E-state index in [1.807, 2.05) is 0 Å². The summed E-state index contributed by atoms with van der Waals surface area (Å²) in [5.74, 6) is -0.00892. The van der Waals surface area contributed by atoms with Crippen LogP contribution in [0.3, 0.4) is 0 Å². The van der Waals surface area contributed by atoms with E-state index in [-0.39, 0.29) is 11.6 Å². The molecule has 1 aliphatic rings. The number of nitrogens with two attached hydrogens (primary N) is 1. The second-order valence-corrected chi connectivity index (χ2v) is 5.32. The van der Waals surface area contributed by atoms with Gasteiger partial charge < -0.3 is 16.0 Å². The molecule has 110 valence electrons. The molecule has 1 aliphatic heterocycles. The number of nitrogens with zero attached hydrogens (tertiary/aromatic N) is 1. The van der Waals surface area contributed by atoms with E-state index < -0.39 is 5.82 Å². The molecule has 5 heteroatoms. The van der Waals surface area contributed by atoms with E-state index in [1.54, 1.807) is 18.2 Å². The van der Waals surface area contributed by atoms with Crippen molar-refractivity contribution in [3.63, 3.8) is 0 Å². The molecule has 20 heavy (non-hydrogen) atoms. The second kappa shape index (κ2) is 7.36. The summed E-state index contributed by atoms with van der Waals surface area (Å²) < 4.78 is 13.4. The zero-order chi connectivity index (χ0) is 14.4. The lowest BCUT2D eigenvalue weighted by molar-refractivity contribution is -0.116. The van der Waals surface area contributed by atoms with Crippen molar-refractivity contribution < 1.29 is 9.18 Å². The standard InChI is InChI=1S/C15H22FN3O/c16-13-5-1-2-6-14(13)18-15(20)7-9-19-8-3-4-12(10-17)11-19/h1-2,5-6,12H,3-4,7-11,17H2,(H,18,20). The van der Waals surface area contributed by atoms with Gasteiger partial charge in [0.1, 0.15) is 5.82 Å². The summed E-state index contributed by atoms with van der Waals surface area (Å²) in [5.41, 5.74) is 5.94. The number of anilines is 1. The molecule has 0 bridgehead atoms. The van der Waals surface area contributed by atoms with E-state index >= 15 is 0 Å². The molecular formula is C15H22FN3O. The molecule has 0 aromatic heterocycles. The first-order valence-electron chi connectivity index (χ1n) is 7.16. The maximum absolute atomic E-state index is 13.4. The number of hydrogen-bond donors (Lipinski definition) is 2. The van der Waals surface area contributed by atoms with Crippen molar-refractivity contribution in [2.45, 2.75) is 19.3 Å². The fourth-order valence-corrected chi connectivity index (χ4v) is 2.58. The molecule has 1 heterocycles. The van der Waals surface area contributed by atoms with Crippen LogP contribution in [-0.2, 0) is 4.79 Å². The van der Waals surface area contributed by atoms with E-state index in [1.165, 1.54) is 12.5 Å². The number of benzene rings is 1. The van der Waals surface area contributed by atoms with Crippen molar-refractivity contribution in [3.8, 4) is 0 Å². The zero-order valence-corrected chi connectivity index (χ0v) is 11.6. The minimum atomic E-state index is -0.401. The zero-order valence-electron chi connectivity index (χ0n) is 11.6. The number of nitrogens with one attached hydrogen (secondary N) is 1. The molecule has 4 nitrogen and oxygen atoms in total. The molecule has 1 saturated heterocycles. The maximum atomic E-state index is 13.4. The summed E-state index contributed by atoms with van der Waals surface area (Å²) in [5, 5.41) is 2.61. The lowest BCUT2D eigenvalue weighted by atomic mass is 9.98. The maximum Gasteiger partial charge on any atom is 0.225 e. The lowest BCUT2D eigenvalue weighted by Crippen LogP contribution is -2.39. The van der Waals surface area contributed by atoms with Gasteiger partial charge in [-0.1, -0.05) is 12.1 Å². The van der Waals surface area contributed by atoms with Crippen LogP contribution < -0.4 is 11.1 Å². The van der Waals surface area contributed by atoms with Crippen LogP contribution in [0.1, 0.15) is 19.3 Å². The van der Waals surface area contributed by atoms with Gasteiger partial charge in [-0.3, -0.25) is 4.79 Å². The van der Waals surface area contributed by atoms with Crippen LogP contribution in [0.4, 0.5) is 10.1 Å². The van der Waals surface area contributed by atoms with Crippen LogP contribution >= 0.6 is 0 Å². The number of amides is 1. The fourth-order valence-electron chi connectivity index (χ4n) is 2.58. The predicted molar refractivity (Wildman–Crippen MR) is 77.9 cm³/mol. The third kappa shape index (κ3) is 4.28. The van der Waals surface area contributed by atoms with Gasteiger partial charge in [0.2, 0.25) is 5.91 Å². The lowest BCUT2D eigenvalue weighted by Gasteiger charge is -2.31. The Bertz CT molecular complexity index is 452. The Hall–Kier alpha value is -1.46. The van der Waals surface area contributed by atoms with Gasteiger partial charge in [0.15, 0.2) is 0 Å². The molecule has 3 N–H and O–H groups in total. The number of carbonyl (C=O) groups excluding carboxylic acids is 1. The first-order chi connectivity index (χ1) is 9.69. The van der Waals surface area contributed by atoms with Crippen molar-refractivity contribution in [1.82, 2.24) is 4.90 Å². The van der Waals surface area contributed by atoms with Crippen LogP contribution in [0.2, 0.25) is 0 Å². The molecule has 0 saturated carbocycles. The third-order valence-electron chi connectivity index (χ3n) is 3.74. The largest absolute Gasteiger partial charge is 0.330 e. The normalized spacial score (nSPS) is 19.8. The molecule has 1 atom stereocenters. The van der Waals surface area contributed by atoms with E-state index in [9.17, 15) is 9.18 Å². The highest BCUT2D eigenvalue weighted by atomic mass is 19.1. The number of carbonyl (C=O) groups is 1. The van der Waals surface area contributed by atoms with Gasteiger partial charge in [-0.15, -0.1) is 0 Å². The van der Waals surface area contributed by atoms with Crippen LogP contribution in [0.15, 0.2) is 24.3 Å². The van der Waals surface area contributed by atoms with Gasteiger partial charge in [-0.05, 0) is 44.0 Å². The van der Waals surface area contributed by atoms with E-state index in [2.05, 4.69) is 10.2 Å². The van der Waals surface area contributed by atoms with Crippen molar-refractivity contribution in [2.24, 2.45) is 11.7 Å². The molecule has 0 spiro atoms. The summed E-state index contributed by atoms with van der Waals surface area (Å²) >= 11 is 0. The van der Waals surface area contributed by atoms with Gasteiger partial charge in [-0.2, -0.15) is 0 Å². The Balaban J connectivity index is 1.76. The second-order valence-electron chi connectivity index (χ2n) is 5.32. The highest BCUT2D eigenvalue weighted by Crippen LogP contribution is 2.16. The smallest absolute Gasteiger partial charge is 0.225 e. The Morgan fingerprint density at radius 2 is 2.25 bits per heavy atom. The van der Waals surface area contributed by atoms with Crippen LogP contribution in [0.25, 0.3) is 0 Å². The van der Waals surface area contributed by atoms with E-state index in [0.717, 1.165) is 19.5 Å². The average Bonchev–Trinajstić information content (AvgIpc) is 2.48. The molecule has 1 aromatic rings. The van der Waals surface area contributed by atoms with Crippen LogP contribution in [-0.4, -0.2) is 37.0 Å². The van der Waals surface area contributed by atoms with Gasteiger partial charge in [-0.25, -0.2) is 4.39 Å². The Morgan fingerprint density at radius 3 is 3.00 bits per heavy atom. The molecule has 1 aromatic carbocycles. The number of piperidine rings is 1. The molecule has 1 amide bonds. The fraction of sp³-hybridized carbons (Fsp3) is 0.533. The summed E-state index contributed by atoms with van der Waals surface area (Å²) in [6, 6.07) is 6.21. The number of rotatable bonds is 5. The summed E-state index contributed by atoms with van der Waals surface area (Å²) in [4.78, 5) is 14.1. The van der Waals surface area contributed by atoms with E-state index in [0.29, 0.717) is 25.4 Å². The summed E-state index contributed by atoms with van der Waals surface area (Å²) in [7, 11) is 0. The van der Waals surface area contributed by atoms with Gasteiger partial charge in [0, 0.05) is 19.5 Å². The first-order valence-corrected chi connectivity index (χ1v) is 7.16. The minimum Gasteiger partial charge on any atom is -0.330 e. The van der Waals surface area contributed by atoms with E-state index in [4.69, 9.17) is 5.73 Å². The summed E-state index contributed by atoms with van der Waals surface area (Å²) in [6.45, 7) is 3.39. The van der Waals surface area contributed by atoms with Crippen molar-refractivity contribution in [2.75, 3.05) is 31.5 Å². The Kier molecular flexibility index (Phi) is 5.49. The minimum absolute atomic E-state index is 0.148. The highest BCUT2D eigenvalue weighted by Gasteiger charge is 2.19. The average molecular weight is 279 g/mol. The molecule has 2 rings (SSSR count). The van der Waals surface area contributed by atoms with Crippen LogP contribution in [0.5, 0.6) is 0 Å². The number of para-hydroxylation sites is 1. The SMILES string of the molecule is NCC1CCCN(CCC(=O)Nc2ccccc2F)C1. The van der Waals surface area contributed by atoms with Gasteiger partial charge >= 0.3 is 0 Å². The molecule has 0 aliphatic carbocycles. The molecule has 0 radical (unpaired) electrons. The Morgan fingerprint density at radius 1 is 1.45 bits per heavy atom. The van der Waals surface area contributed by atoms with Crippen molar-refractivity contribution in [1.29, 1.82) is 0 Å². The topological polar surface area (TPSA) is 58.4 Å². The third-order valence-corrected chi connectivity index (χ3v) is 3.74. The number of hydrogen-bond acceptors (Lipinski definition) is 3. The van der Waals surface area contributed by atoms with Crippen molar-refractivity contribution in [3.05, 3.63) is 30.1 Å². The number of halogens is 1. The quantitative estimate of drug-likeness (QED) is 0.864. The summed E-state index contributed by atoms with van der Waals surface area (Å²) in [6.07, 6.45) is 2.69. The monoisotopic (exact) mass is 279 g/mol. The molecule has 1 fully saturated rings. The number of likely N-dealkylation sites (tertiary alicyclic amines) is 1. The predicted octanol–water partition coefficient (Wildman–Crippen LogP) is 1.82. The first kappa shape index (κ1) is 14.9. The highest BCUT2D eigenvalue weighted by molar-refractivity contribution is 5.90. The Labute approximate surface area is 119 Å². The molecule has 1 unspecified atom stereocenters.